The van der Waals surface area contributed by atoms with Gasteiger partial charge in [0.15, 0.2) is 0 Å². The predicted molar refractivity (Wildman–Crippen MR) is 91.2 cm³/mol. The molecule has 24 heavy (non-hydrogen) atoms. The average Bonchev–Trinajstić information content (AvgIpc) is 2.58. The number of nitrogens with one attached hydrogen (secondary N) is 2. The molecule has 2 amide bonds. The molecule has 1 aliphatic rings. The number of carbonyl (C=O) groups excluding carboxylic acids is 2. The van der Waals surface area contributed by atoms with E-state index in [9.17, 15) is 14.0 Å². The molecule has 1 aromatic carbocycles. The fourth-order valence-corrected chi connectivity index (χ4v) is 2.98. The lowest BCUT2D eigenvalue weighted by atomic mass is 9.98. The molecule has 1 aliphatic heterocycles. The van der Waals surface area contributed by atoms with Crippen molar-refractivity contribution in [1.82, 2.24) is 15.5 Å². The van der Waals surface area contributed by atoms with Crippen LogP contribution in [-0.4, -0.2) is 49.4 Å². The minimum atomic E-state index is -0.373. The Kier molecular flexibility index (Phi) is 7.18. The second-order valence-corrected chi connectivity index (χ2v) is 6.28. The summed E-state index contributed by atoms with van der Waals surface area (Å²) < 4.78 is 12.8. The quantitative estimate of drug-likeness (QED) is 0.749. The second kappa shape index (κ2) is 9.37. The van der Waals surface area contributed by atoms with Gasteiger partial charge in [0.2, 0.25) is 5.91 Å². The molecule has 0 aromatic heterocycles. The van der Waals surface area contributed by atoms with Gasteiger partial charge in [-0.3, -0.25) is 9.59 Å². The van der Waals surface area contributed by atoms with Crippen LogP contribution in [0.15, 0.2) is 24.3 Å². The first-order valence-corrected chi connectivity index (χ1v) is 8.57. The van der Waals surface area contributed by atoms with Crippen molar-refractivity contribution in [2.45, 2.75) is 38.1 Å². The van der Waals surface area contributed by atoms with E-state index in [1.54, 1.807) is 0 Å². The second-order valence-electron chi connectivity index (χ2n) is 6.28. The molecule has 5 nitrogen and oxygen atoms in total. The Bertz CT molecular complexity index is 548. The summed E-state index contributed by atoms with van der Waals surface area (Å²) in [6.45, 7) is 1.86. The lowest BCUT2D eigenvalue weighted by Crippen LogP contribution is -2.38. The summed E-state index contributed by atoms with van der Waals surface area (Å²) in [5.74, 6) is -0.625. The minimum Gasteiger partial charge on any atom is -0.354 e. The molecular weight excluding hydrogens is 309 g/mol. The first-order chi connectivity index (χ1) is 11.6. The summed E-state index contributed by atoms with van der Waals surface area (Å²) in [6.07, 6.45) is 5.04. The molecular formula is C18H26FN3O2. The average molecular weight is 335 g/mol. The highest BCUT2D eigenvalue weighted by atomic mass is 19.1. The number of hydrogen-bond acceptors (Lipinski definition) is 3. The van der Waals surface area contributed by atoms with E-state index in [4.69, 9.17) is 0 Å². The molecule has 1 aromatic rings. The molecule has 0 radical (unpaired) electrons. The molecule has 0 spiro atoms. The van der Waals surface area contributed by atoms with Crippen LogP contribution in [0.25, 0.3) is 0 Å². The predicted octanol–water partition coefficient (Wildman–Crippen LogP) is 1.94. The van der Waals surface area contributed by atoms with Gasteiger partial charge >= 0.3 is 0 Å². The van der Waals surface area contributed by atoms with Crippen molar-refractivity contribution in [2.24, 2.45) is 0 Å². The summed E-state index contributed by atoms with van der Waals surface area (Å²) in [7, 11) is 2.12. The third-order valence-corrected chi connectivity index (χ3v) is 4.47. The van der Waals surface area contributed by atoms with Crippen molar-refractivity contribution >= 4 is 11.8 Å². The zero-order valence-electron chi connectivity index (χ0n) is 14.2. The number of benzene rings is 1. The van der Waals surface area contributed by atoms with Crippen LogP contribution < -0.4 is 10.6 Å². The molecule has 2 rings (SSSR count). The number of carbonyl (C=O) groups is 2. The number of nitrogens with zero attached hydrogens (tertiary/aromatic N) is 1. The first-order valence-electron chi connectivity index (χ1n) is 8.57. The molecule has 1 unspecified atom stereocenters. The summed E-state index contributed by atoms with van der Waals surface area (Å²) in [4.78, 5) is 26.0. The smallest absolute Gasteiger partial charge is 0.251 e. The Morgan fingerprint density at radius 1 is 1.17 bits per heavy atom. The van der Waals surface area contributed by atoms with E-state index in [1.165, 1.54) is 37.1 Å². The number of piperidine rings is 1. The minimum absolute atomic E-state index is 0.0185. The maximum Gasteiger partial charge on any atom is 0.251 e. The van der Waals surface area contributed by atoms with Crippen LogP contribution in [0.5, 0.6) is 0 Å². The van der Waals surface area contributed by atoms with E-state index < -0.39 is 0 Å². The third-order valence-electron chi connectivity index (χ3n) is 4.47. The topological polar surface area (TPSA) is 61.4 Å². The fraction of sp³-hybridized carbons (Fsp3) is 0.556. The van der Waals surface area contributed by atoms with Gasteiger partial charge in [0, 0.05) is 31.1 Å². The summed E-state index contributed by atoms with van der Waals surface area (Å²) >= 11 is 0. The van der Waals surface area contributed by atoms with Gasteiger partial charge in [-0.1, -0.05) is 6.42 Å². The SMILES string of the molecule is CN1CCCCC1CCC(=O)NCCNC(=O)c1ccc(F)cc1. The molecule has 132 valence electrons. The monoisotopic (exact) mass is 335 g/mol. The van der Waals surface area contributed by atoms with Gasteiger partial charge in [0.1, 0.15) is 5.82 Å². The maximum atomic E-state index is 12.8. The van der Waals surface area contributed by atoms with Crippen molar-refractivity contribution in [3.8, 4) is 0 Å². The third kappa shape index (κ3) is 5.92. The van der Waals surface area contributed by atoms with Crippen molar-refractivity contribution in [3.63, 3.8) is 0 Å². The van der Waals surface area contributed by atoms with E-state index in [1.807, 2.05) is 0 Å². The zero-order chi connectivity index (χ0) is 17.4. The number of likely N-dealkylation sites (tertiary alicyclic amines) is 1. The van der Waals surface area contributed by atoms with Gasteiger partial charge in [0.25, 0.3) is 5.91 Å². The van der Waals surface area contributed by atoms with Crippen molar-refractivity contribution < 1.29 is 14.0 Å². The van der Waals surface area contributed by atoms with Crippen LogP contribution in [0, 0.1) is 5.82 Å². The number of amides is 2. The Balaban J connectivity index is 1.58. The Morgan fingerprint density at radius 2 is 1.88 bits per heavy atom. The van der Waals surface area contributed by atoms with Crippen LogP contribution in [0.4, 0.5) is 4.39 Å². The molecule has 1 saturated heterocycles. The molecule has 0 aliphatic carbocycles. The van der Waals surface area contributed by atoms with E-state index in [2.05, 4.69) is 22.6 Å². The molecule has 0 saturated carbocycles. The highest BCUT2D eigenvalue weighted by Crippen LogP contribution is 2.18. The molecule has 1 fully saturated rings. The van der Waals surface area contributed by atoms with Crippen molar-refractivity contribution in [2.75, 3.05) is 26.7 Å². The highest BCUT2D eigenvalue weighted by Gasteiger charge is 2.19. The van der Waals surface area contributed by atoms with Crippen LogP contribution >= 0.6 is 0 Å². The Labute approximate surface area is 142 Å². The van der Waals surface area contributed by atoms with Crippen LogP contribution in [0.1, 0.15) is 42.5 Å². The molecule has 2 N–H and O–H groups in total. The number of hydrogen-bond donors (Lipinski definition) is 2. The van der Waals surface area contributed by atoms with Gasteiger partial charge in [-0.25, -0.2) is 4.39 Å². The van der Waals surface area contributed by atoms with Gasteiger partial charge < -0.3 is 15.5 Å². The zero-order valence-corrected chi connectivity index (χ0v) is 14.2. The first kappa shape index (κ1) is 18.4. The van der Waals surface area contributed by atoms with Crippen molar-refractivity contribution in [3.05, 3.63) is 35.6 Å². The molecule has 0 bridgehead atoms. The van der Waals surface area contributed by atoms with E-state index in [0.29, 0.717) is 31.1 Å². The molecule has 1 atom stereocenters. The lowest BCUT2D eigenvalue weighted by Gasteiger charge is -2.32. The lowest BCUT2D eigenvalue weighted by molar-refractivity contribution is -0.121. The molecule has 1 heterocycles. The Hall–Kier alpha value is -1.95. The van der Waals surface area contributed by atoms with Gasteiger partial charge in [-0.2, -0.15) is 0 Å². The van der Waals surface area contributed by atoms with E-state index in [-0.39, 0.29) is 17.6 Å². The van der Waals surface area contributed by atoms with Gasteiger partial charge in [0.05, 0.1) is 0 Å². The normalized spacial score (nSPS) is 18.2. The number of halogens is 1. The fourth-order valence-electron chi connectivity index (χ4n) is 2.98. The van der Waals surface area contributed by atoms with E-state index in [0.717, 1.165) is 19.4 Å². The van der Waals surface area contributed by atoms with Crippen LogP contribution in [-0.2, 0) is 4.79 Å². The largest absolute Gasteiger partial charge is 0.354 e. The summed E-state index contributed by atoms with van der Waals surface area (Å²) in [6, 6.07) is 5.87. The Morgan fingerprint density at radius 3 is 2.58 bits per heavy atom. The standard InChI is InChI=1S/C18H26FN3O2/c1-22-13-3-2-4-16(22)9-10-17(23)20-11-12-21-18(24)14-5-7-15(19)8-6-14/h5-8,16H,2-4,9-13H2,1H3,(H,20,23)(H,21,24). The van der Waals surface area contributed by atoms with Crippen LogP contribution in [0.3, 0.4) is 0 Å². The van der Waals surface area contributed by atoms with Crippen LogP contribution in [0.2, 0.25) is 0 Å². The molecule has 6 heteroatoms. The highest BCUT2D eigenvalue weighted by molar-refractivity contribution is 5.94. The summed E-state index contributed by atoms with van der Waals surface area (Å²) in [5.41, 5.74) is 0.406. The number of rotatable bonds is 7. The maximum absolute atomic E-state index is 12.8. The summed E-state index contributed by atoms with van der Waals surface area (Å²) in [5, 5.41) is 5.52. The van der Waals surface area contributed by atoms with Gasteiger partial charge in [-0.15, -0.1) is 0 Å². The van der Waals surface area contributed by atoms with Crippen molar-refractivity contribution in [1.29, 1.82) is 0 Å². The van der Waals surface area contributed by atoms with Gasteiger partial charge in [-0.05, 0) is 57.1 Å². The van der Waals surface area contributed by atoms with E-state index >= 15 is 0 Å².